The molecule has 0 spiro atoms. The molecule has 0 aliphatic carbocycles. The van der Waals surface area contributed by atoms with Crippen LogP contribution in [-0.4, -0.2) is 14.3 Å². The molecular weight excluding hydrogens is 420 g/mol. The molecule has 0 aliphatic rings. The summed E-state index contributed by atoms with van der Waals surface area (Å²) in [7, 11) is 0. The van der Waals surface area contributed by atoms with Gasteiger partial charge in [-0.25, -0.2) is 0 Å². The third-order valence-electron chi connectivity index (χ3n) is 5.50. The van der Waals surface area contributed by atoms with Crippen molar-refractivity contribution in [3.8, 4) is 11.5 Å². The molecule has 2 aromatic rings. The fourth-order valence-electron chi connectivity index (χ4n) is 3.77. The van der Waals surface area contributed by atoms with Crippen LogP contribution < -0.4 is 0 Å². The Bertz CT molecular complexity index is 780. The maximum absolute atomic E-state index is 10.7. The van der Waals surface area contributed by atoms with Gasteiger partial charge in [0.15, 0.2) is 0 Å². The summed E-state index contributed by atoms with van der Waals surface area (Å²) in [5.41, 5.74) is 4.07. The first-order valence-corrected chi connectivity index (χ1v) is 13.0. The lowest BCUT2D eigenvalue weighted by atomic mass is 9.94. The van der Waals surface area contributed by atoms with Crippen LogP contribution >= 0.6 is 23.5 Å². The zero-order chi connectivity index (χ0) is 23.7. The summed E-state index contributed by atoms with van der Waals surface area (Å²) in [6, 6.07) is 8.59. The molecule has 2 N–H and O–H groups in total. The Labute approximate surface area is 198 Å². The molecule has 0 saturated heterocycles. The van der Waals surface area contributed by atoms with E-state index >= 15 is 0 Å². The third-order valence-corrected chi connectivity index (χ3v) is 7.93. The van der Waals surface area contributed by atoms with Gasteiger partial charge < -0.3 is 10.2 Å². The molecule has 2 nitrogen and oxygen atoms in total. The highest BCUT2D eigenvalue weighted by atomic mass is 32.2. The molecule has 4 heteroatoms. The second-order valence-electron chi connectivity index (χ2n) is 10.1. The van der Waals surface area contributed by atoms with E-state index < -0.39 is 0 Å². The predicted molar refractivity (Wildman–Crippen MR) is 138 cm³/mol. The molecule has 0 radical (unpaired) electrons. The van der Waals surface area contributed by atoms with E-state index in [9.17, 15) is 10.2 Å². The summed E-state index contributed by atoms with van der Waals surface area (Å²) in [5, 5.41) is 21.5. The molecule has 2 aromatic carbocycles. The summed E-state index contributed by atoms with van der Waals surface area (Å²) in [4.78, 5) is 2.38. The minimum Gasteiger partial charge on any atom is -0.507 e. The quantitative estimate of drug-likeness (QED) is 0.304. The van der Waals surface area contributed by atoms with Gasteiger partial charge in [0.2, 0.25) is 0 Å². The highest BCUT2D eigenvalue weighted by molar-refractivity contribution is 8.18. The Hall–Kier alpha value is -1.26. The molecule has 0 amide bonds. The first-order chi connectivity index (χ1) is 14.2. The average molecular weight is 461 g/mol. The lowest BCUT2D eigenvalue weighted by Crippen LogP contribution is -2.09. The molecule has 0 fully saturated rings. The monoisotopic (exact) mass is 460 g/mol. The van der Waals surface area contributed by atoms with E-state index in [1.54, 1.807) is 0 Å². The van der Waals surface area contributed by atoms with Gasteiger partial charge in [-0.2, -0.15) is 0 Å². The summed E-state index contributed by atoms with van der Waals surface area (Å²) in [6.45, 7) is 21.5. The van der Waals surface area contributed by atoms with Gasteiger partial charge in [-0.1, -0.05) is 55.4 Å². The molecule has 0 atom stereocenters. The smallest absolute Gasteiger partial charge is 0.122 e. The SMILES string of the molecule is CC(C)c1cc(SC(C)(C)Sc2cc(C(C)C)c(O)c(C(C)C)c2)cc(C(C)C)c1O. The van der Waals surface area contributed by atoms with Gasteiger partial charge >= 0.3 is 0 Å². The molecule has 0 unspecified atom stereocenters. The number of thioether (sulfide) groups is 2. The van der Waals surface area contributed by atoms with Crippen LogP contribution in [0, 0.1) is 0 Å². The topological polar surface area (TPSA) is 40.5 Å². The summed E-state index contributed by atoms with van der Waals surface area (Å²) < 4.78 is -0.112. The van der Waals surface area contributed by atoms with Crippen LogP contribution in [0.25, 0.3) is 0 Å². The van der Waals surface area contributed by atoms with E-state index in [2.05, 4.69) is 93.5 Å². The molecule has 31 heavy (non-hydrogen) atoms. The first kappa shape index (κ1) is 26.0. The molecule has 0 bridgehead atoms. The van der Waals surface area contributed by atoms with Crippen LogP contribution in [0.1, 0.15) is 115 Å². The Morgan fingerprint density at radius 3 is 0.968 bits per heavy atom. The normalized spacial score (nSPS) is 12.6. The maximum Gasteiger partial charge on any atom is 0.122 e. The van der Waals surface area contributed by atoms with Crippen molar-refractivity contribution in [2.45, 2.75) is 107 Å². The van der Waals surface area contributed by atoms with E-state index in [4.69, 9.17) is 0 Å². The van der Waals surface area contributed by atoms with Crippen LogP contribution in [0.5, 0.6) is 11.5 Å². The number of benzene rings is 2. The number of phenolic OH excluding ortho intramolecular Hbond substituents is 2. The largest absolute Gasteiger partial charge is 0.507 e. The van der Waals surface area contributed by atoms with Crippen molar-refractivity contribution in [1.82, 2.24) is 0 Å². The molecule has 172 valence electrons. The first-order valence-electron chi connectivity index (χ1n) is 11.3. The van der Waals surface area contributed by atoms with Gasteiger partial charge in [-0.05, 0) is 84.0 Å². The van der Waals surface area contributed by atoms with E-state index in [1.807, 2.05) is 23.5 Å². The van der Waals surface area contributed by atoms with E-state index in [0.29, 0.717) is 11.5 Å². The summed E-state index contributed by atoms with van der Waals surface area (Å²) in [6.07, 6.45) is 0. The lowest BCUT2D eigenvalue weighted by Gasteiger charge is -2.27. The maximum atomic E-state index is 10.7. The van der Waals surface area contributed by atoms with E-state index in [1.165, 1.54) is 9.79 Å². The van der Waals surface area contributed by atoms with Crippen molar-refractivity contribution in [1.29, 1.82) is 0 Å². The van der Waals surface area contributed by atoms with Crippen LogP contribution in [0.2, 0.25) is 0 Å². The van der Waals surface area contributed by atoms with Crippen molar-refractivity contribution < 1.29 is 10.2 Å². The van der Waals surface area contributed by atoms with Gasteiger partial charge in [0, 0.05) is 9.79 Å². The zero-order valence-corrected chi connectivity index (χ0v) is 22.5. The summed E-state index contributed by atoms with van der Waals surface area (Å²) >= 11 is 3.67. The van der Waals surface area contributed by atoms with E-state index in [0.717, 1.165) is 22.3 Å². The summed E-state index contributed by atoms with van der Waals surface area (Å²) in [5.74, 6) is 1.98. The van der Waals surface area contributed by atoms with Gasteiger partial charge in [-0.15, -0.1) is 23.5 Å². The zero-order valence-electron chi connectivity index (χ0n) is 20.8. The lowest BCUT2D eigenvalue weighted by molar-refractivity contribution is 0.453. The van der Waals surface area contributed by atoms with Gasteiger partial charge in [0.1, 0.15) is 11.5 Å². The van der Waals surface area contributed by atoms with Crippen molar-refractivity contribution in [3.63, 3.8) is 0 Å². The highest BCUT2D eigenvalue weighted by Gasteiger charge is 2.25. The third kappa shape index (κ3) is 6.38. The molecule has 0 aliphatic heterocycles. The number of hydrogen-bond donors (Lipinski definition) is 2. The average Bonchev–Trinajstić information content (AvgIpc) is 2.62. The minimum absolute atomic E-state index is 0.112. The minimum atomic E-state index is -0.112. The van der Waals surface area contributed by atoms with Crippen molar-refractivity contribution >= 4 is 23.5 Å². The fourth-order valence-corrected chi connectivity index (χ4v) is 6.39. The van der Waals surface area contributed by atoms with Crippen molar-refractivity contribution in [3.05, 3.63) is 46.5 Å². The molecule has 0 heterocycles. The Balaban J connectivity index is 2.42. The molecule has 0 saturated carbocycles. The van der Waals surface area contributed by atoms with Gasteiger partial charge in [-0.3, -0.25) is 0 Å². The standard InChI is InChI=1S/C27H40O2S2/c1-15(2)21-11-19(12-22(16(3)4)25(21)28)30-27(9,10)31-20-13-23(17(5)6)26(29)24(14-20)18(7)8/h11-18,28-29H,1-10H3. The predicted octanol–water partition coefficient (Wildman–Crippen LogP) is 9.21. The van der Waals surface area contributed by atoms with Crippen LogP contribution in [-0.2, 0) is 0 Å². The Kier molecular flexibility index (Phi) is 8.49. The van der Waals surface area contributed by atoms with Crippen molar-refractivity contribution in [2.24, 2.45) is 0 Å². The number of phenols is 2. The van der Waals surface area contributed by atoms with Crippen molar-refractivity contribution in [2.75, 3.05) is 0 Å². The molecular formula is C27H40O2S2. The number of rotatable bonds is 8. The number of hydrogen-bond acceptors (Lipinski definition) is 4. The number of aromatic hydroxyl groups is 2. The highest BCUT2D eigenvalue weighted by Crippen LogP contribution is 2.49. The van der Waals surface area contributed by atoms with Crippen LogP contribution in [0.4, 0.5) is 0 Å². The Morgan fingerprint density at radius 2 is 0.774 bits per heavy atom. The molecule has 2 rings (SSSR count). The second-order valence-corrected chi connectivity index (χ2v) is 13.8. The van der Waals surface area contributed by atoms with Gasteiger partial charge in [0.05, 0.1) is 4.08 Å². The van der Waals surface area contributed by atoms with E-state index in [-0.39, 0.29) is 27.8 Å². The molecule has 0 aromatic heterocycles. The Morgan fingerprint density at radius 1 is 0.548 bits per heavy atom. The van der Waals surface area contributed by atoms with Gasteiger partial charge in [0.25, 0.3) is 0 Å². The fraction of sp³-hybridized carbons (Fsp3) is 0.556. The van der Waals surface area contributed by atoms with Crippen LogP contribution in [0.15, 0.2) is 34.1 Å². The second kappa shape index (κ2) is 10.1. The van der Waals surface area contributed by atoms with Crippen LogP contribution in [0.3, 0.4) is 0 Å².